The molecule has 124 valence electrons. The van der Waals surface area contributed by atoms with Crippen LogP contribution >= 0.6 is 0 Å². The number of aliphatic imine (C=N–C) groups is 1. The van der Waals surface area contributed by atoms with Gasteiger partial charge in [0.1, 0.15) is 5.76 Å². The molecular formula is C16H29N5O. The molecule has 6 nitrogen and oxygen atoms in total. The molecule has 22 heavy (non-hydrogen) atoms. The van der Waals surface area contributed by atoms with Gasteiger partial charge < -0.3 is 15.2 Å². The molecule has 1 atom stereocenters. The van der Waals surface area contributed by atoms with Gasteiger partial charge >= 0.3 is 0 Å². The van der Waals surface area contributed by atoms with E-state index in [-0.39, 0.29) is 0 Å². The van der Waals surface area contributed by atoms with Gasteiger partial charge in [-0.05, 0) is 46.2 Å². The minimum atomic E-state index is 0.631. The van der Waals surface area contributed by atoms with Gasteiger partial charge in [0.05, 0.1) is 5.69 Å². The summed E-state index contributed by atoms with van der Waals surface area (Å²) in [5.41, 5.74) is 2.17. The second kappa shape index (κ2) is 8.17. The van der Waals surface area contributed by atoms with Gasteiger partial charge in [0.2, 0.25) is 0 Å². The highest BCUT2D eigenvalue weighted by atomic mass is 16.5. The van der Waals surface area contributed by atoms with Crippen LogP contribution in [0.1, 0.15) is 36.8 Å². The fourth-order valence-corrected chi connectivity index (χ4v) is 3.14. The number of likely N-dealkylation sites (tertiary alicyclic amines) is 1. The first-order chi connectivity index (χ1) is 10.7. The summed E-state index contributed by atoms with van der Waals surface area (Å²) in [4.78, 5) is 6.83. The molecule has 1 saturated heterocycles. The van der Waals surface area contributed by atoms with Crippen LogP contribution in [0.2, 0.25) is 0 Å². The molecule has 1 aliphatic heterocycles. The van der Waals surface area contributed by atoms with Gasteiger partial charge in [-0.2, -0.15) is 0 Å². The third-order valence-electron chi connectivity index (χ3n) is 4.48. The molecule has 0 spiro atoms. The molecule has 0 bridgehead atoms. The molecular weight excluding hydrogens is 278 g/mol. The third-order valence-corrected chi connectivity index (χ3v) is 4.48. The van der Waals surface area contributed by atoms with E-state index in [4.69, 9.17) is 4.52 Å². The first kappa shape index (κ1) is 16.8. The molecule has 0 aromatic carbocycles. The quantitative estimate of drug-likeness (QED) is 0.616. The molecule has 1 aromatic rings. The van der Waals surface area contributed by atoms with Crippen LogP contribution in [0.5, 0.6) is 0 Å². The predicted octanol–water partition coefficient (Wildman–Crippen LogP) is 1.48. The van der Waals surface area contributed by atoms with Crippen LogP contribution < -0.4 is 10.6 Å². The summed E-state index contributed by atoms with van der Waals surface area (Å²) in [6, 6.07) is 0.631. The number of aromatic nitrogens is 1. The van der Waals surface area contributed by atoms with Crippen molar-refractivity contribution in [2.75, 3.05) is 33.2 Å². The number of rotatable bonds is 6. The van der Waals surface area contributed by atoms with Crippen LogP contribution in [-0.2, 0) is 6.42 Å². The molecule has 2 rings (SSSR count). The summed E-state index contributed by atoms with van der Waals surface area (Å²) >= 11 is 0. The maximum atomic E-state index is 5.19. The van der Waals surface area contributed by atoms with E-state index in [1.54, 1.807) is 0 Å². The average molecular weight is 307 g/mol. The van der Waals surface area contributed by atoms with Crippen molar-refractivity contribution in [2.24, 2.45) is 4.99 Å². The van der Waals surface area contributed by atoms with E-state index in [0.29, 0.717) is 6.04 Å². The highest BCUT2D eigenvalue weighted by molar-refractivity contribution is 5.79. The lowest BCUT2D eigenvalue weighted by Crippen LogP contribution is -2.45. The minimum absolute atomic E-state index is 0.631. The maximum Gasteiger partial charge on any atom is 0.191 e. The molecule has 0 aliphatic carbocycles. The van der Waals surface area contributed by atoms with Crippen LogP contribution in [0.3, 0.4) is 0 Å². The van der Waals surface area contributed by atoms with Gasteiger partial charge in [0.25, 0.3) is 0 Å². The van der Waals surface area contributed by atoms with Crippen molar-refractivity contribution in [1.82, 2.24) is 20.7 Å². The van der Waals surface area contributed by atoms with E-state index in [1.807, 2.05) is 20.9 Å². The maximum absolute atomic E-state index is 5.19. The number of hydrogen-bond acceptors (Lipinski definition) is 4. The Balaban J connectivity index is 1.74. The molecule has 0 amide bonds. The van der Waals surface area contributed by atoms with Crippen LogP contribution in [0.15, 0.2) is 9.52 Å². The summed E-state index contributed by atoms with van der Waals surface area (Å²) in [5.74, 6) is 1.78. The second-order valence-electron chi connectivity index (χ2n) is 5.86. The van der Waals surface area contributed by atoms with E-state index in [1.165, 1.54) is 24.9 Å². The SMILES string of the molecule is CCN1CCCC1CNC(=NC)NCCc1c(C)noc1C. The molecule has 0 radical (unpaired) electrons. The number of hydrogen-bond donors (Lipinski definition) is 2. The molecule has 6 heteroatoms. The highest BCUT2D eigenvalue weighted by Crippen LogP contribution is 2.15. The van der Waals surface area contributed by atoms with Crippen LogP contribution in [0.4, 0.5) is 0 Å². The molecule has 1 aliphatic rings. The number of nitrogens with zero attached hydrogens (tertiary/aromatic N) is 3. The number of aryl methyl sites for hydroxylation is 2. The van der Waals surface area contributed by atoms with E-state index in [2.05, 4.69) is 32.6 Å². The van der Waals surface area contributed by atoms with Gasteiger partial charge in [-0.25, -0.2) is 0 Å². The molecule has 2 heterocycles. The van der Waals surface area contributed by atoms with E-state index < -0.39 is 0 Å². The Morgan fingerprint density at radius 3 is 2.86 bits per heavy atom. The summed E-state index contributed by atoms with van der Waals surface area (Å²) in [5, 5.41) is 10.8. The Morgan fingerprint density at radius 2 is 2.23 bits per heavy atom. The lowest BCUT2D eigenvalue weighted by molar-refractivity contribution is 0.267. The fraction of sp³-hybridized carbons (Fsp3) is 0.750. The van der Waals surface area contributed by atoms with Gasteiger partial charge in [0, 0.05) is 31.7 Å². The number of nitrogens with one attached hydrogen (secondary N) is 2. The van der Waals surface area contributed by atoms with Gasteiger partial charge in [0.15, 0.2) is 5.96 Å². The summed E-state index contributed by atoms with van der Waals surface area (Å²) in [6.45, 7) is 10.3. The van der Waals surface area contributed by atoms with Crippen molar-refractivity contribution in [3.05, 3.63) is 17.0 Å². The largest absolute Gasteiger partial charge is 0.361 e. The molecule has 0 saturated carbocycles. The Bertz CT molecular complexity index is 477. The van der Waals surface area contributed by atoms with E-state index >= 15 is 0 Å². The van der Waals surface area contributed by atoms with Crippen LogP contribution in [-0.4, -0.2) is 55.3 Å². The van der Waals surface area contributed by atoms with Gasteiger partial charge in [-0.1, -0.05) is 12.1 Å². The Morgan fingerprint density at radius 1 is 1.41 bits per heavy atom. The average Bonchev–Trinajstić information content (AvgIpc) is 3.10. The molecule has 1 aromatic heterocycles. The Hall–Kier alpha value is -1.56. The molecule has 1 fully saturated rings. The van der Waals surface area contributed by atoms with Crippen molar-refractivity contribution in [3.63, 3.8) is 0 Å². The summed E-state index contributed by atoms with van der Waals surface area (Å²) < 4.78 is 5.19. The van der Waals surface area contributed by atoms with E-state index in [0.717, 1.165) is 43.5 Å². The normalized spacial score (nSPS) is 19.6. The number of likely N-dealkylation sites (N-methyl/N-ethyl adjacent to an activating group) is 1. The van der Waals surface area contributed by atoms with Crippen molar-refractivity contribution in [2.45, 2.75) is 46.1 Å². The zero-order chi connectivity index (χ0) is 15.9. The van der Waals surface area contributed by atoms with Crippen molar-refractivity contribution in [1.29, 1.82) is 0 Å². The third kappa shape index (κ3) is 4.22. The van der Waals surface area contributed by atoms with Crippen LogP contribution in [0.25, 0.3) is 0 Å². The topological polar surface area (TPSA) is 65.7 Å². The summed E-state index contributed by atoms with van der Waals surface area (Å²) in [6.07, 6.45) is 3.47. The highest BCUT2D eigenvalue weighted by Gasteiger charge is 2.22. The fourth-order valence-electron chi connectivity index (χ4n) is 3.14. The Labute approximate surface area is 133 Å². The van der Waals surface area contributed by atoms with Crippen molar-refractivity contribution < 1.29 is 4.52 Å². The first-order valence-corrected chi connectivity index (χ1v) is 8.26. The van der Waals surface area contributed by atoms with Crippen molar-refractivity contribution >= 4 is 5.96 Å². The van der Waals surface area contributed by atoms with Gasteiger partial charge in [-0.15, -0.1) is 0 Å². The lowest BCUT2D eigenvalue weighted by atomic mass is 10.1. The zero-order valence-corrected chi connectivity index (χ0v) is 14.3. The molecule has 2 N–H and O–H groups in total. The van der Waals surface area contributed by atoms with E-state index in [9.17, 15) is 0 Å². The zero-order valence-electron chi connectivity index (χ0n) is 14.3. The van der Waals surface area contributed by atoms with Gasteiger partial charge in [-0.3, -0.25) is 9.89 Å². The first-order valence-electron chi connectivity index (χ1n) is 8.26. The van der Waals surface area contributed by atoms with Crippen LogP contribution in [0, 0.1) is 13.8 Å². The second-order valence-corrected chi connectivity index (χ2v) is 5.86. The molecule has 1 unspecified atom stereocenters. The summed E-state index contributed by atoms with van der Waals surface area (Å²) in [7, 11) is 1.82. The minimum Gasteiger partial charge on any atom is -0.361 e. The van der Waals surface area contributed by atoms with Crippen molar-refractivity contribution in [3.8, 4) is 0 Å². The predicted molar refractivity (Wildman–Crippen MR) is 89.3 cm³/mol. The standard InChI is InChI=1S/C16H29N5O/c1-5-21-10-6-7-14(21)11-19-16(17-4)18-9-8-15-12(2)20-22-13(15)3/h14H,5-11H2,1-4H3,(H2,17,18,19). The monoisotopic (exact) mass is 307 g/mol. The smallest absolute Gasteiger partial charge is 0.191 e. The number of guanidine groups is 1. The Kier molecular flexibility index (Phi) is 6.24. The lowest BCUT2D eigenvalue weighted by Gasteiger charge is -2.23.